The Kier molecular flexibility index (Phi) is 5.20. The fourth-order valence-electron chi connectivity index (χ4n) is 2.91. The first-order valence-corrected chi connectivity index (χ1v) is 7.41. The molecular formula is C15H25N3O2. The van der Waals surface area contributed by atoms with E-state index in [1.165, 1.54) is 6.42 Å². The highest BCUT2D eigenvalue weighted by Crippen LogP contribution is 2.21. The monoisotopic (exact) mass is 279 g/mol. The van der Waals surface area contributed by atoms with Gasteiger partial charge in [0.05, 0.1) is 18.8 Å². The lowest BCUT2D eigenvalue weighted by Crippen LogP contribution is -2.56. The Morgan fingerprint density at radius 2 is 2.35 bits per heavy atom. The third-order valence-corrected chi connectivity index (χ3v) is 4.09. The molecule has 20 heavy (non-hydrogen) atoms. The van der Waals surface area contributed by atoms with Gasteiger partial charge in [-0.3, -0.25) is 9.69 Å². The third-order valence-electron chi connectivity index (χ3n) is 4.09. The molecule has 2 heterocycles. The topological polar surface area (TPSA) is 71.5 Å². The lowest BCUT2D eigenvalue weighted by molar-refractivity contribution is -0.127. The zero-order chi connectivity index (χ0) is 14.5. The number of likely N-dealkylation sites (tertiary alicyclic amines) is 1. The second-order valence-corrected chi connectivity index (χ2v) is 5.63. The first kappa shape index (κ1) is 15.1. The third kappa shape index (κ3) is 3.61. The van der Waals surface area contributed by atoms with Crippen LogP contribution in [0.1, 0.15) is 38.9 Å². The van der Waals surface area contributed by atoms with Crippen LogP contribution >= 0.6 is 0 Å². The lowest BCUT2D eigenvalue weighted by atomic mass is 9.95. The van der Waals surface area contributed by atoms with Crippen molar-refractivity contribution >= 4 is 5.91 Å². The van der Waals surface area contributed by atoms with Gasteiger partial charge in [-0.1, -0.05) is 6.42 Å². The summed E-state index contributed by atoms with van der Waals surface area (Å²) in [7, 11) is 0. The summed E-state index contributed by atoms with van der Waals surface area (Å²) in [6.45, 7) is 5.36. The van der Waals surface area contributed by atoms with E-state index in [-0.39, 0.29) is 18.0 Å². The zero-order valence-corrected chi connectivity index (χ0v) is 12.3. The van der Waals surface area contributed by atoms with Crippen LogP contribution in [-0.4, -0.2) is 35.5 Å². The molecule has 1 fully saturated rings. The number of nitrogens with one attached hydrogen (secondary N) is 1. The molecule has 2 rings (SSSR count). The minimum absolute atomic E-state index is 0.0361. The molecule has 0 aromatic carbocycles. The van der Waals surface area contributed by atoms with Crippen molar-refractivity contribution in [3.63, 3.8) is 0 Å². The molecule has 1 saturated heterocycles. The van der Waals surface area contributed by atoms with Crippen molar-refractivity contribution in [2.75, 3.05) is 6.54 Å². The fraction of sp³-hybridized carbons (Fsp3) is 0.667. The van der Waals surface area contributed by atoms with Crippen molar-refractivity contribution in [1.82, 2.24) is 10.2 Å². The lowest BCUT2D eigenvalue weighted by Gasteiger charge is -2.41. The number of carbonyl (C=O) groups is 1. The Balaban J connectivity index is 1.90. The van der Waals surface area contributed by atoms with E-state index in [2.05, 4.69) is 10.2 Å². The van der Waals surface area contributed by atoms with Crippen molar-refractivity contribution in [1.29, 1.82) is 0 Å². The van der Waals surface area contributed by atoms with E-state index in [9.17, 15) is 4.79 Å². The summed E-state index contributed by atoms with van der Waals surface area (Å²) < 4.78 is 5.22. The van der Waals surface area contributed by atoms with Gasteiger partial charge >= 0.3 is 0 Å². The van der Waals surface area contributed by atoms with Crippen molar-refractivity contribution in [2.24, 2.45) is 5.73 Å². The Morgan fingerprint density at radius 3 is 3.00 bits per heavy atom. The minimum Gasteiger partial charge on any atom is -0.467 e. The molecule has 1 amide bonds. The van der Waals surface area contributed by atoms with Gasteiger partial charge in [-0.25, -0.2) is 0 Å². The summed E-state index contributed by atoms with van der Waals surface area (Å²) in [5.41, 5.74) is 6.06. The first-order chi connectivity index (χ1) is 9.59. The molecule has 0 radical (unpaired) electrons. The normalized spacial score (nSPS) is 23.2. The maximum Gasteiger partial charge on any atom is 0.237 e. The van der Waals surface area contributed by atoms with Gasteiger partial charge in [-0.15, -0.1) is 0 Å². The largest absolute Gasteiger partial charge is 0.467 e. The highest BCUT2D eigenvalue weighted by atomic mass is 16.3. The van der Waals surface area contributed by atoms with Crippen LogP contribution in [0.5, 0.6) is 0 Å². The number of nitrogens with two attached hydrogens (primary N) is 1. The van der Waals surface area contributed by atoms with Crippen LogP contribution in [0.4, 0.5) is 0 Å². The van der Waals surface area contributed by atoms with Crippen LogP contribution < -0.4 is 11.1 Å². The second-order valence-electron chi connectivity index (χ2n) is 5.63. The number of furan rings is 1. The van der Waals surface area contributed by atoms with Gasteiger partial charge in [0.15, 0.2) is 0 Å². The second kappa shape index (κ2) is 6.90. The smallest absolute Gasteiger partial charge is 0.237 e. The predicted octanol–water partition coefficient (Wildman–Crippen LogP) is 1.49. The standard InChI is InChI=1S/C15H25N3O2/c1-11(16)14-7-3-4-8-18(14)12(2)15(19)17-10-13-6-5-9-20-13/h5-6,9,11-12,14H,3-4,7-8,10,16H2,1-2H3,(H,17,19). The van der Waals surface area contributed by atoms with Crippen molar-refractivity contribution in [3.8, 4) is 0 Å². The van der Waals surface area contributed by atoms with Crippen LogP contribution in [0, 0.1) is 0 Å². The van der Waals surface area contributed by atoms with Gasteiger partial charge < -0.3 is 15.5 Å². The quantitative estimate of drug-likeness (QED) is 0.856. The van der Waals surface area contributed by atoms with Gasteiger partial charge in [-0.05, 0) is 45.4 Å². The minimum atomic E-state index is -0.152. The first-order valence-electron chi connectivity index (χ1n) is 7.41. The number of piperidine rings is 1. The van der Waals surface area contributed by atoms with Crippen LogP contribution in [0.2, 0.25) is 0 Å². The summed E-state index contributed by atoms with van der Waals surface area (Å²) in [5.74, 6) is 0.807. The highest BCUT2D eigenvalue weighted by molar-refractivity contribution is 5.81. The average molecular weight is 279 g/mol. The average Bonchev–Trinajstić information content (AvgIpc) is 2.97. The summed E-state index contributed by atoms with van der Waals surface area (Å²) >= 11 is 0. The van der Waals surface area contributed by atoms with Gasteiger partial charge in [0.1, 0.15) is 5.76 Å². The number of rotatable bonds is 5. The van der Waals surface area contributed by atoms with E-state index in [1.807, 2.05) is 26.0 Å². The van der Waals surface area contributed by atoms with E-state index in [4.69, 9.17) is 10.2 Å². The molecule has 1 aromatic rings. The molecule has 3 atom stereocenters. The molecule has 1 aromatic heterocycles. The number of hydrogen-bond donors (Lipinski definition) is 2. The molecule has 3 unspecified atom stereocenters. The van der Waals surface area contributed by atoms with E-state index in [1.54, 1.807) is 6.26 Å². The summed E-state index contributed by atoms with van der Waals surface area (Å²) in [4.78, 5) is 14.5. The highest BCUT2D eigenvalue weighted by Gasteiger charge is 2.32. The zero-order valence-electron chi connectivity index (χ0n) is 12.3. The maximum atomic E-state index is 12.3. The Labute approximate surface area is 120 Å². The van der Waals surface area contributed by atoms with Crippen LogP contribution in [0.25, 0.3) is 0 Å². The predicted molar refractivity (Wildman–Crippen MR) is 78.0 cm³/mol. The molecule has 0 saturated carbocycles. The number of nitrogens with zero attached hydrogens (tertiary/aromatic N) is 1. The van der Waals surface area contributed by atoms with Crippen LogP contribution in [0.15, 0.2) is 22.8 Å². The molecule has 112 valence electrons. The Hall–Kier alpha value is -1.33. The fourth-order valence-corrected chi connectivity index (χ4v) is 2.91. The number of carbonyl (C=O) groups excluding carboxylic acids is 1. The Bertz CT molecular complexity index is 417. The van der Waals surface area contributed by atoms with Gasteiger partial charge in [0, 0.05) is 12.1 Å². The molecule has 0 bridgehead atoms. The summed E-state index contributed by atoms with van der Waals surface area (Å²) in [6, 6.07) is 3.92. The van der Waals surface area contributed by atoms with E-state index in [0.29, 0.717) is 12.6 Å². The number of hydrogen-bond acceptors (Lipinski definition) is 4. The van der Waals surface area contributed by atoms with E-state index < -0.39 is 0 Å². The maximum absolute atomic E-state index is 12.3. The van der Waals surface area contributed by atoms with E-state index in [0.717, 1.165) is 25.1 Å². The Morgan fingerprint density at radius 1 is 1.55 bits per heavy atom. The van der Waals surface area contributed by atoms with Gasteiger partial charge in [-0.2, -0.15) is 0 Å². The molecule has 5 heteroatoms. The van der Waals surface area contributed by atoms with E-state index >= 15 is 0 Å². The molecule has 1 aliphatic rings. The van der Waals surface area contributed by atoms with Crippen molar-refractivity contribution in [3.05, 3.63) is 24.2 Å². The number of amides is 1. The van der Waals surface area contributed by atoms with Crippen LogP contribution in [-0.2, 0) is 11.3 Å². The molecule has 1 aliphatic heterocycles. The van der Waals surface area contributed by atoms with Gasteiger partial charge in [0.2, 0.25) is 5.91 Å². The molecular weight excluding hydrogens is 254 g/mol. The van der Waals surface area contributed by atoms with Crippen molar-refractivity contribution < 1.29 is 9.21 Å². The molecule has 0 spiro atoms. The van der Waals surface area contributed by atoms with Crippen LogP contribution in [0.3, 0.4) is 0 Å². The van der Waals surface area contributed by atoms with Gasteiger partial charge in [0.25, 0.3) is 0 Å². The molecule has 3 N–H and O–H groups in total. The summed E-state index contributed by atoms with van der Waals surface area (Å²) in [5, 5.41) is 2.93. The molecule has 5 nitrogen and oxygen atoms in total. The van der Waals surface area contributed by atoms with Crippen molar-refractivity contribution in [2.45, 2.75) is 57.8 Å². The summed E-state index contributed by atoms with van der Waals surface area (Å²) in [6.07, 6.45) is 5.03. The molecule has 0 aliphatic carbocycles. The SMILES string of the molecule is CC(N)C1CCCCN1C(C)C(=O)NCc1ccco1.